The maximum absolute atomic E-state index is 5.69. The molecule has 4 nitrogen and oxygen atoms in total. The highest BCUT2D eigenvalue weighted by Crippen LogP contribution is 2.22. The lowest BCUT2D eigenvalue weighted by Crippen LogP contribution is -2.40. The lowest BCUT2D eigenvalue weighted by atomic mass is 10.1. The molecule has 1 aromatic heterocycles. The summed E-state index contributed by atoms with van der Waals surface area (Å²) >= 11 is 0. The number of morpholine rings is 1. The Bertz CT molecular complexity index is 319. The van der Waals surface area contributed by atoms with E-state index in [1.54, 1.807) is 0 Å². The predicted octanol–water partition coefficient (Wildman–Crippen LogP) is 1.23. The molecular weight excluding hydrogens is 204 g/mol. The van der Waals surface area contributed by atoms with Crippen LogP contribution < -0.4 is 10.6 Å². The third kappa shape index (κ3) is 2.84. The first-order valence-corrected chi connectivity index (χ1v) is 5.85. The fraction of sp³-hybridized carbons (Fsp3) is 0.667. The van der Waals surface area contributed by atoms with E-state index in [2.05, 4.69) is 10.6 Å². The van der Waals surface area contributed by atoms with Gasteiger partial charge in [-0.15, -0.1) is 0 Å². The van der Waals surface area contributed by atoms with Crippen molar-refractivity contribution in [2.45, 2.75) is 25.5 Å². The highest BCUT2D eigenvalue weighted by molar-refractivity contribution is 5.10. The molecule has 0 amide bonds. The quantitative estimate of drug-likeness (QED) is 0.807. The molecule has 0 aromatic carbocycles. The Morgan fingerprint density at radius 2 is 2.44 bits per heavy atom. The van der Waals surface area contributed by atoms with Crippen LogP contribution in [0.15, 0.2) is 16.5 Å². The van der Waals surface area contributed by atoms with E-state index in [0.717, 1.165) is 37.6 Å². The van der Waals surface area contributed by atoms with Crippen molar-refractivity contribution >= 4 is 0 Å². The van der Waals surface area contributed by atoms with E-state index in [9.17, 15) is 0 Å². The summed E-state index contributed by atoms with van der Waals surface area (Å²) in [5, 5.41) is 6.62. The predicted molar refractivity (Wildman–Crippen MR) is 62.5 cm³/mol. The molecule has 0 spiro atoms. The molecule has 0 aliphatic carbocycles. The molecule has 2 N–H and O–H groups in total. The average molecular weight is 224 g/mol. The van der Waals surface area contributed by atoms with Crippen LogP contribution in [0.1, 0.15) is 24.0 Å². The summed E-state index contributed by atoms with van der Waals surface area (Å²) in [5.41, 5.74) is 0. The molecule has 2 heterocycles. The highest BCUT2D eigenvalue weighted by Gasteiger charge is 2.21. The van der Waals surface area contributed by atoms with Crippen LogP contribution in [-0.2, 0) is 4.74 Å². The van der Waals surface area contributed by atoms with Crippen molar-refractivity contribution in [1.82, 2.24) is 10.6 Å². The van der Waals surface area contributed by atoms with Crippen LogP contribution in [0.3, 0.4) is 0 Å². The van der Waals surface area contributed by atoms with Crippen LogP contribution in [0, 0.1) is 6.92 Å². The molecule has 2 atom stereocenters. The summed E-state index contributed by atoms with van der Waals surface area (Å²) in [7, 11) is 1.96. The van der Waals surface area contributed by atoms with Gasteiger partial charge in [0.15, 0.2) is 0 Å². The van der Waals surface area contributed by atoms with Crippen LogP contribution in [0.2, 0.25) is 0 Å². The fourth-order valence-electron chi connectivity index (χ4n) is 2.05. The van der Waals surface area contributed by atoms with Crippen molar-refractivity contribution < 1.29 is 9.15 Å². The number of furan rings is 1. The number of hydrogen-bond donors (Lipinski definition) is 2. The minimum Gasteiger partial charge on any atom is -0.465 e. The van der Waals surface area contributed by atoms with Gasteiger partial charge in [0, 0.05) is 13.1 Å². The third-order valence-corrected chi connectivity index (χ3v) is 2.96. The molecule has 2 rings (SSSR count). The van der Waals surface area contributed by atoms with Gasteiger partial charge in [0.2, 0.25) is 0 Å². The maximum atomic E-state index is 5.69. The Kier molecular flexibility index (Phi) is 3.98. The second-order valence-electron chi connectivity index (χ2n) is 4.22. The summed E-state index contributed by atoms with van der Waals surface area (Å²) in [4.78, 5) is 0. The minimum atomic E-state index is 0.235. The topological polar surface area (TPSA) is 46.4 Å². The van der Waals surface area contributed by atoms with Crippen LogP contribution >= 0.6 is 0 Å². The van der Waals surface area contributed by atoms with Gasteiger partial charge in [-0.1, -0.05) is 0 Å². The Hall–Kier alpha value is -0.840. The Labute approximate surface area is 96.4 Å². The van der Waals surface area contributed by atoms with E-state index in [4.69, 9.17) is 9.15 Å². The Morgan fingerprint density at radius 1 is 1.56 bits per heavy atom. The smallest absolute Gasteiger partial charge is 0.121 e. The zero-order chi connectivity index (χ0) is 11.4. The second-order valence-corrected chi connectivity index (χ2v) is 4.22. The van der Waals surface area contributed by atoms with E-state index in [1.165, 1.54) is 0 Å². The van der Waals surface area contributed by atoms with Crippen molar-refractivity contribution in [3.05, 3.63) is 23.7 Å². The molecule has 0 bridgehead atoms. The third-order valence-electron chi connectivity index (χ3n) is 2.96. The summed E-state index contributed by atoms with van der Waals surface area (Å²) in [5.74, 6) is 1.95. The zero-order valence-corrected chi connectivity index (χ0v) is 9.95. The van der Waals surface area contributed by atoms with Gasteiger partial charge >= 0.3 is 0 Å². The standard InChI is InChI=1S/C12H20N2O2/c1-9-3-4-12(16-9)11(13-2)7-10-8-14-5-6-15-10/h3-4,10-11,13-14H,5-8H2,1-2H3. The number of rotatable bonds is 4. The molecule has 2 unspecified atom stereocenters. The van der Waals surface area contributed by atoms with Crippen molar-refractivity contribution in [3.8, 4) is 0 Å². The van der Waals surface area contributed by atoms with Crippen LogP contribution in [0.5, 0.6) is 0 Å². The van der Waals surface area contributed by atoms with E-state index in [-0.39, 0.29) is 12.1 Å². The van der Waals surface area contributed by atoms with Crippen LogP contribution in [0.25, 0.3) is 0 Å². The normalized spacial score (nSPS) is 23.2. The highest BCUT2D eigenvalue weighted by atomic mass is 16.5. The van der Waals surface area contributed by atoms with Crippen LogP contribution in [-0.4, -0.2) is 32.8 Å². The van der Waals surface area contributed by atoms with Gasteiger partial charge in [0.05, 0.1) is 18.8 Å². The second kappa shape index (κ2) is 5.48. The molecule has 1 aliphatic heterocycles. The van der Waals surface area contributed by atoms with Gasteiger partial charge in [-0.2, -0.15) is 0 Å². The molecule has 0 saturated carbocycles. The summed E-state index contributed by atoms with van der Waals surface area (Å²) in [6.45, 7) is 4.66. The van der Waals surface area contributed by atoms with Crippen molar-refractivity contribution in [2.24, 2.45) is 0 Å². The van der Waals surface area contributed by atoms with Crippen molar-refractivity contribution in [1.29, 1.82) is 0 Å². The zero-order valence-electron chi connectivity index (χ0n) is 9.95. The molecular formula is C12H20N2O2. The Balaban J connectivity index is 1.94. The molecule has 90 valence electrons. The maximum Gasteiger partial charge on any atom is 0.121 e. The van der Waals surface area contributed by atoms with Gasteiger partial charge in [-0.05, 0) is 32.5 Å². The summed E-state index contributed by atoms with van der Waals surface area (Å²) in [6.07, 6.45) is 1.22. The van der Waals surface area contributed by atoms with Gasteiger partial charge in [0.1, 0.15) is 11.5 Å². The van der Waals surface area contributed by atoms with E-state index >= 15 is 0 Å². The van der Waals surface area contributed by atoms with Gasteiger partial charge in [-0.3, -0.25) is 0 Å². The van der Waals surface area contributed by atoms with Crippen molar-refractivity contribution in [3.63, 3.8) is 0 Å². The number of aryl methyl sites for hydroxylation is 1. The van der Waals surface area contributed by atoms with E-state index in [1.807, 2.05) is 26.1 Å². The largest absolute Gasteiger partial charge is 0.465 e. The van der Waals surface area contributed by atoms with Crippen molar-refractivity contribution in [2.75, 3.05) is 26.7 Å². The molecule has 4 heteroatoms. The number of nitrogens with one attached hydrogen (secondary N) is 2. The monoisotopic (exact) mass is 224 g/mol. The first kappa shape index (κ1) is 11.6. The number of ether oxygens (including phenoxy) is 1. The van der Waals surface area contributed by atoms with E-state index < -0.39 is 0 Å². The average Bonchev–Trinajstić information content (AvgIpc) is 2.74. The minimum absolute atomic E-state index is 0.235. The first-order valence-electron chi connectivity index (χ1n) is 5.85. The lowest BCUT2D eigenvalue weighted by Gasteiger charge is -2.26. The SMILES string of the molecule is CNC(CC1CNCCO1)c1ccc(C)o1. The number of hydrogen-bond acceptors (Lipinski definition) is 4. The Morgan fingerprint density at radius 3 is 3.00 bits per heavy atom. The molecule has 16 heavy (non-hydrogen) atoms. The fourth-order valence-corrected chi connectivity index (χ4v) is 2.05. The first-order chi connectivity index (χ1) is 7.79. The van der Waals surface area contributed by atoms with E-state index in [0.29, 0.717) is 0 Å². The lowest BCUT2D eigenvalue weighted by molar-refractivity contribution is 0.0162. The van der Waals surface area contributed by atoms with Gasteiger partial charge in [-0.25, -0.2) is 0 Å². The molecule has 1 aliphatic rings. The molecule has 1 saturated heterocycles. The molecule has 0 radical (unpaired) electrons. The summed E-state index contributed by atoms with van der Waals surface area (Å²) < 4.78 is 11.3. The summed E-state index contributed by atoms with van der Waals surface area (Å²) in [6, 6.07) is 4.27. The van der Waals surface area contributed by atoms with Gasteiger partial charge in [0.25, 0.3) is 0 Å². The molecule has 1 fully saturated rings. The van der Waals surface area contributed by atoms with Crippen LogP contribution in [0.4, 0.5) is 0 Å². The molecule has 1 aromatic rings. The van der Waals surface area contributed by atoms with Gasteiger partial charge < -0.3 is 19.8 Å².